The summed E-state index contributed by atoms with van der Waals surface area (Å²) in [6.07, 6.45) is 1.36. The van der Waals surface area contributed by atoms with Gasteiger partial charge in [0.1, 0.15) is 5.88 Å². The first kappa shape index (κ1) is 10.2. The maximum Gasteiger partial charge on any atom is 0.235 e. The molecule has 1 unspecified atom stereocenters. The van der Waals surface area contributed by atoms with Crippen LogP contribution in [0.1, 0.15) is 6.42 Å². The van der Waals surface area contributed by atoms with Crippen LogP contribution in [0, 0.1) is 5.92 Å². The van der Waals surface area contributed by atoms with Crippen LogP contribution < -0.4 is 5.32 Å². The molecule has 0 aliphatic carbocycles. The highest BCUT2D eigenvalue weighted by atomic mass is 35.5. The summed E-state index contributed by atoms with van der Waals surface area (Å²) < 4.78 is 11.0. The van der Waals surface area contributed by atoms with Crippen LogP contribution in [-0.4, -0.2) is 43.8 Å². The molecule has 14 heavy (non-hydrogen) atoms. The molecule has 2 saturated heterocycles. The number of alkyl halides is 1. The molecule has 2 aliphatic heterocycles. The molecule has 2 heterocycles. The average molecular weight is 220 g/mol. The largest absolute Gasteiger partial charge is 0.378 e. The molecule has 0 aromatic heterocycles. The van der Waals surface area contributed by atoms with E-state index in [4.69, 9.17) is 21.1 Å². The normalized spacial score (nSPS) is 35.6. The van der Waals surface area contributed by atoms with E-state index in [0.717, 1.165) is 13.0 Å². The molecule has 1 N–H and O–H groups in total. The van der Waals surface area contributed by atoms with E-state index in [-0.39, 0.29) is 24.0 Å². The summed E-state index contributed by atoms with van der Waals surface area (Å²) in [5.74, 6) is 0.402. The fourth-order valence-corrected chi connectivity index (χ4v) is 2.09. The number of ether oxygens (including phenoxy) is 2. The fraction of sp³-hybridized carbons (Fsp3) is 0.889. The van der Waals surface area contributed by atoms with E-state index in [9.17, 15) is 4.79 Å². The summed E-state index contributed by atoms with van der Waals surface area (Å²) in [7, 11) is 0. The second-order valence-electron chi connectivity index (χ2n) is 3.77. The Labute approximate surface area is 87.9 Å². The molecule has 5 heteroatoms. The Bertz CT molecular complexity index is 212. The number of rotatable bonds is 3. The van der Waals surface area contributed by atoms with Crippen LogP contribution in [0.15, 0.2) is 0 Å². The quantitative estimate of drug-likeness (QED) is 0.688. The number of amides is 1. The van der Waals surface area contributed by atoms with Gasteiger partial charge < -0.3 is 14.8 Å². The van der Waals surface area contributed by atoms with Crippen molar-refractivity contribution in [2.45, 2.75) is 18.6 Å². The van der Waals surface area contributed by atoms with Crippen molar-refractivity contribution < 1.29 is 14.3 Å². The highest BCUT2D eigenvalue weighted by Crippen LogP contribution is 2.30. The van der Waals surface area contributed by atoms with E-state index in [0.29, 0.717) is 19.1 Å². The molecule has 0 spiro atoms. The van der Waals surface area contributed by atoms with Crippen molar-refractivity contribution in [1.29, 1.82) is 0 Å². The molecule has 2 fully saturated rings. The van der Waals surface area contributed by atoms with Crippen molar-refractivity contribution in [3.05, 3.63) is 0 Å². The average Bonchev–Trinajstić information content (AvgIpc) is 2.73. The lowest BCUT2D eigenvalue weighted by molar-refractivity contribution is -0.119. The Morgan fingerprint density at radius 3 is 3.07 bits per heavy atom. The highest BCUT2D eigenvalue weighted by Gasteiger charge is 2.39. The Hall–Kier alpha value is -0.320. The van der Waals surface area contributed by atoms with Gasteiger partial charge in [0.15, 0.2) is 0 Å². The molecule has 3 atom stereocenters. The molecule has 2 aliphatic rings. The van der Waals surface area contributed by atoms with Gasteiger partial charge in [-0.1, -0.05) is 0 Å². The van der Waals surface area contributed by atoms with E-state index in [1.165, 1.54) is 0 Å². The highest BCUT2D eigenvalue weighted by molar-refractivity contribution is 6.27. The molecule has 0 aromatic rings. The van der Waals surface area contributed by atoms with Crippen LogP contribution in [0.2, 0.25) is 0 Å². The topological polar surface area (TPSA) is 47.6 Å². The van der Waals surface area contributed by atoms with Crippen LogP contribution in [-0.2, 0) is 14.3 Å². The molecule has 1 amide bonds. The first-order valence-electron chi connectivity index (χ1n) is 4.85. The lowest BCUT2D eigenvalue weighted by Crippen LogP contribution is -2.33. The summed E-state index contributed by atoms with van der Waals surface area (Å²) in [5.41, 5.74) is 0. The number of halogens is 1. The smallest absolute Gasteiger partial charge is 0.235 e. The molecule has 0 aromatic carbocycles. The van der Waals surface area contributed by atoms with E-state index < -0.39 is 0 Å². The number of carbonyl (C=O) groups excluding carboxylic acids is 1. The maximum atomic E-state index is 10.9. The zero-order chi connectivity index (χ0) is 9.97. The standard InChI is InChI=1S/C9H14ClNO3/c10-2-9(12)11-3-7-1-6-4-13-5-8(6)14-7/h6-8H,1-5H2,(H,11,12)/t6-,7?,8+/m1/s1. The first-order valence-corrected chi connectivity index (χ1v) is 5.39. The Balaban J connectivity index is 1.71. The van der Waals surface area contributed by atoms with Crippen molar-refractivity contribution in [3.8, 4) is 0 Å². The van der Waals surface area contributed by atoms with Gasteiger partial charge in [-0.15, -0.1) is 11.6 Å². The molecule has 4 nitrogen and oxygen atoms in total. The number of hydrogen-bond donors (Lipinski definition) is 1. The summed E-state index contributed by atoms with van der Waals surface area (Å²) >= 11 is 5.36. The van der Waals surface area contributed by atoms with Crippen molar-refractivity contribution >= 4 is 17.5 Å². The number of fused-ring (bicyclic) bond motifs is 1. The van der Waals surface area contributed by atoms with E-state index in [1.54, 1.807) is 0 Å². The third-order valence-corrected chi connectivity index (χ3v) is 2.96. The molecule has 2 rings (SSSR count). The summed E-state index contributed by atoms with van der Waals surface area (Å²) in [4.78, 5) is 10.9. The Morgan fingerprint density at radius 1 is 1.50 bits per heavy atom. The fourth-order valence-electron chi connectivity index (χ4n) is 2.00. The Kier molecular flexibility index (Phi) is 3.26. The number of nitrogens with one attached hydrogen (secondary N) is 1. The van der Waals surface area contributed by atoms with Crippen LogP contribution in [0.3, 0.4) is 0 Å². The van der Waals surface area contributed by atoms with Gasteiger partial charge in [0.2, 0.25) is 5.91 Å². The van der Waals surface area contributed by atoms with Gasteiger partial charge in [-0.3, -0.25) is 4.79 Å². The van der Waals surface area contributed by atoms with Gasteiger partial charge in [0, 0.05) is 12.5 Å². The summed E-state index contributed by atoms with van der Waals surface area (Å²) in [6.45, 7) is 2.06. The third kappa shape index (κ3) is 2.19. The second-order valence-corrected chi connectivity index (χ2v) is 4.03. The minimum Gasteiger partial charge on any atom is -0.378 e. The van der Waals surface area contributed by atoms with Gasteiger partial charge in [-0.2, -0.15) is 0 Å². The van der Waals surface area contributed by atoms with Crippen LogP contribution in [0.5, 0.6) is 0 Å². The number of carbonyl (C=O) groups is 1. The lowest BCUT2D eigenvalue weighted by atomic mass is 10.0. The van der Waals surface area contributed by atoms with E-state index in [2.05, 4.69) is 5.32 Å². The van der Waals surface area contributed by atoms with Crippen LogP contribution >= 0.6 is 11.6 Å². The summed E-state index contributed by atoms with van der Waals surface area (Å²) in [6, 6.07) is 0. The van der Waals surface area contributed by atoms with Crippen molar-refractivity contribution in [3.63, 3.8) is 0 Å². The third-order valence-electron chi connectivity index (χ3n) is 2.72. The molecule has 0 bridgehead atoms. The lowest BCUT2D eigenvalue weighted by Gasteiger charge is -2.12. The molecule has 80 valence electrons. The van der Waals surface area contributed by atoms with Gasteiger partial charge in [-0.25, -0.2) is 0 Å². The zero-order valence-electron chi connectivity index (χ0n) is 7.87. The van der Waals surface area contributed by atoms with Crippen molar-refractivity contribution in [2.24, 2.45) is 5.92 Å². The Morgan fingerprint density at radius 2 is 2.36 bits per heavy atom. The monoisotopic (exact) mass is 219 g/mol. The first-order chi connectivity index (χ1) is 6.79. The van der Waals surface area contributed by atoms with Gasteiger partial charge in [-0.05, 0) is 6.42 Å². The van der Waals surface area contributed by atoms with Crippen LogP contribution in [0.4, 0.5) is 0 Å². The van der Waals surface area contributed by atoms with Crippen molar-refractivity contribution in [2.75, 3.05) is 25.6 Å². The van der Waals surface area contributed by atoms with Crippen LogP contribution in [0.25, 0.3) is 0 Å². The van der Waals surface area contributed by atoms with Gasteiger partial charge in [0.25, 0.3) is 0 Å². The maximum absolute atomic E-state index is 10.9. The summed E-state index contributed by atoms with van der Waals surface area (Å²) in [5, 5.41) is 2.73. The predicted molar refractivity (Wildman–Crippen MR) is 51.3 cm³/mol. The van der Waals surface area contributed by atoms with Gasteiger partial charge >= 0.3 is 0 Å². The minimum atomic E-state index is -0.136. The molecular weight excluding hydrogens is 206 g/mol. The zero-order valence-corrected chi connectivity index (χ0v) is 8.63. The molecule has 0 radical (unpaired) electrons. The predicted octanol–water partition coefficient (Wildman–Crippen LogP) is 0.145. The second kappa shape index (κ2) is 4.47. The SMILES string of the molecule is O=C(CCl)NCC1C[C@@H]2COC[C@@H]2O1. The van der Waals surface area contributed by atoms with E-state index in [1.807, 2.05) is 0 Å². The minimum absolute atomic E-state index is 0.0166. The molecular formula is C9H14ClNO3. The van der Waals surface area contributed by atoms with E-state index >= 15 is 0 Å². The molecule has 0 saturated carbocycles. The number of hydrogen-bond acceptors (Lipinski definition) is 3. The van der Waals surface area contributed by atoms with Gasteiger partial charge in [0.05, 0.1) is 25.4 Å². The van der Waals surface area contributed by atoms with Crippen molar-refractivity contribution in [1.82, 2.24) is 5.32 Å².